The Kier molecular flexibility index (Phi) is 6.83. The highest BCUT2D eigenvalue weighted by molar-refractivity contribution is 5.94. The molecule has 0 aliphatic rings. The van der Waals surface area contributed by atoms with Crippen LogP contribution < -0.4 is 15.4 Å². The van der Waals surface area contributed by atoms with Crippen molar-refractivity contribution in [1.29, 1.82) is 0 Å². The molecule has 132 valence electrons. The first-order chi connectivity index (χ1) is 12.1. The number of methoxy groups -OCH3 is 1. The standard InChI is InChI=1S/C19H22N2O4/c1-25-17-8-2-5-14(11-17)12-18(23)20-9-4-10-21-19(24)15-6-3-7-16(22)13-15/h2-3,5-8,11,13,22H,4,9-10,12H2,1H3,(H,20,23)(H,21,24). The summed E-state index contributed by atoms with van der Waals surface area (Å²) in [4.78, 5) is 23.8. The minimum absolute atomic E-state index is 0.0532. The van der Waals surface area contributed by atoms with E-state index < -0.39 is 0 Å². The summed E-state index contributed by atoms with van der Waals surface area (Å²) in [6.07, 6.45) is 0.904. The Balaban J connectivity index is 1.65. The highest BCUT2D eigenvalue weighted by Crippen LogP contribution is 2.13. The van der Waals surface area contributed by atoms with Gasteiger partial charge in [-0.25, -0.2) is 0 Å². The highest BCUT2D eigenvalue weighted by Gasteiger charge is 2.06. The Hall–Kier alpha value is -3.02. The van der Waals surface area contributed by atoms with Crippen molar-refractivity contribution in [2.75, 3.05) is 20.2 Å². The molecular formula is C19H22N2O4. The van der Waals surface area contributed by atoms with Crippen LogP contribution in [0.4, 0.5) is 0 Å². The van der Waals surface area contributed by atoms with Crippen molar-refractivity contribution >= 4 is 11.8 Å². The van der Waals surface area contributed by atoms with Crippen LogP contribution in [0.3, 0.4) is 0 Å². The number of phenols is 1. The fourth-order valence-electron chi connectivity index (χ4n) is 2.30. The van der Waals surface area contributed by atoms with Gasteiger partial charge in [-0.1, -0.05) is 18.2 Å². The third kappa shape index (κ3) is 6.18. The maximum absolute atomic E-state index is 11.9. The zero-order chi connectivity index (χ0) is 18.1. The molecule has 25 heavy (non-hydrogen) atoms. The number of hydrogen-bond acceptors (Lipinski definition) is 4. The summed E-state index contributed by atoms with van der Waals surface area (Å²) in [6, 6.07) is 13.5. The van der Waals surface area contributed by atoms with E-state index in [9.17, 15) is 14.7 Å². The molecule has 0 radical (unpaired) electrons. The van der Waals surface area contributed by atoms with Gasteiger partial charge in [0.05, 0.1) is 13.5 Å². The van der Waals surface area contributed by atoms with Gasteiger partial charge in [0, 0.05) is 18.7 Å². The number of carbonyl (C=O) groups excluding carboxylic acids is 2. The van der Waals surface area contributed by atoms with Crippen LogP contribution in [0.2, 0.25) is 0 Å². The molecule has 6 nitrogen and oxygen atoms in total. The van der Waals surface area contributed by atoms with Gasteiger partial charge >= 0.3 is 0 Å². The molecule has 0 fully saturated rings. The van der Waals surface area contributed by atoms with Gasteiger partial charge in [0.15, 0.2) is 0 Å². The van der Waals surface area contributed by atoms with Gasteiger partial charge in [0.1, 0.15) is 11.5 Å². The average Bonchev–Trinajstić information content (AvgIpc) is 2.61. The zero-order valence-corrected chi connectivity index (χ0v) is 14.1. The largest absolute Gasteiger partial charge is 0.508 e. The molecule has 2 rings (SSSR count). The molecule has 0 heterocycles. The summed E-state index contributed by atoms with van der Waals surface area (Å²) in [5, 5.41) is 14.9. The molecule has 0 saturated heterocycles. The smallest absolute Gasteiger partial charge is 0.251 e. The molecule has 0 bridgehead atoms. The summed E-state index contributed by atoms with van der Waals surface area (Å²) in [6.45, 7) is 0.914. The van der Waals surface area contributed by atoms with Crippen molar-refractivity contribution < 1.29 is 19.4 Å². The first kappa shape index (κ1) is 18.3. The summed E-state index contributed by atoms with van der Waals surface area (Å²) in [7, 11) is 1.59. The second kappa shape index (κ2) is 9.32. The molecule has 0 aliphatic carbocycles. The Morgan fingerprint density at radius 1 is 1.04 bits per heavy atom. The molecule has 0 unspecified atom stereocenters. The predicted octanol–water partition coefficient (Wildman–Crippen LogP) is 1.88. The maximum Gasteiger partial charge on any atom is 0.251 e. The van der Waals surface area contributed by atoms with Crippen molar-refractivity contribution in [1.82, 2.24) is 10.6 Å². The lowest BCUT2D eigenvalue weighted by atomic mass is 10.1. The maximum atomic E-state index is 11.9. The Labute approximate surface area is 146 Å². The zero-order valence-electron chi connectivity index (χ0n) is 14.1. The molecule has 0 aromatic heterocycles. The van der Waals surface area contributed by atoms with E-state index >= 15 is 0 Å². The molecule has 2 amide bonds. The average molecular weight is 342 g/mol. The van der Waals surface area contributed by atoms with Crippen LogP contribution in [0.1, 0.15) is 22.3 Å². The van der Waals surface area contributed by atoms with E-state index in [-0.39, 0.29) is 24.0 Å². The fraction of sp³-hybridized carbons (Fsp3) is 0.263. The second-order valence-corrected chi connectivity index (χ2v) is 5.54. The Morgan fingerprint density at radius 2 is 1.80 bits per heavy atom. The number of benzene rings is 2. The molecule has 0 saturated carbocycles. The Bertz CT molecular complexity index is 731. The van der Waals surface area contributed by atoms with Gasteiger partial charge in [-0.3, -0.25) is 9.59 Å². The van der Waals surface area contributed by atoms with Gasteiger partial charge < -0.3 is 20.5 Å². The van der Waals surface area contributed by atoms with E-state index in [0.717, 1.165) is 11.3 Å². The van der Waals surface area contributed by atoms with E-state index in [1.165, 1.54) is 12.1 Å². The molecule has 0 atom stereocenters. The van der Waals surface area contributed by atoms with E-state index in [1.807, 2.05) is 24.3 Å². The molecule has 0 aliphatic heterocycles. The third-order valence-corrected chi connectivity index (χ3v) is 3.57. The normalized spacial score (nSPS) is 10.1. The van der Waals surface area contributed by atoms with Crippen LogP contribution in [0.5, 0.6) is 11.5 Å². The number of aromatic hydroxyl groups is 1. The molecule has 2 aromatic rings. The lowest BCUT2D eigenvalue weighted by Crippen LogP contribution is -2.30. The highest BCUT2D eigenvalue weighted by atomic mass is 16.5. The van der Waals surface area contributed by atoms with Crippen molar-refractivity contribution in [3.05, 3.63) is 59.7 Å². The van der Waals surface area contributed by atoms with Crippen LogP contribution in [0.25, 0.3) is 0 Å². The van der Waals surface area contributed by atoms with E-state index in [0.29, 0.717) is 25.1 Å². The molecule has 2 aromatic carbocycles. The summed E-state index contributed by atoms with van der Waals surface area (Å²) in [5.41, 5.74) is 1.29. The van der Waals surface area contributed by atoms with Crippen LogP contribution >= 0.6 is 0 Å². The number of nitrogens with one attached hydrogen (secondary N) is 2. The van der Waals surface area contributed by atoms with E-state index in [2.05, 4.69) is 10.6 Å². The summed E-state index contributed by atoms with van der Waals surface area (Å²) < 4.78 is 5.13. The van der Waals surface area contributed by atoms with Crippen LogP contribution in [-0.2, 0) is 11.2 Å². The van der Waals surface area contributed by atoms with Crippen molar-refractivity contribution in [3.63, 3.8) is 0 Å². The number of carbonyl (C=O) groups is 2. The second-order valence-electron chi connectivity index (χ2n) is 5.54. The van der Waals surface area contributed by atoms with Crippen molar-refractivity contribution in [3.8, 4) is 11.5 Å². The predicted molar refractivity (Wildman–Crippen MR) is 94.8 cm³/mol. The van der Waals surface area contributed by atoms with Gasteiger partial charge in [-0.2, -0.15) is 0 Å². The molecule has 3 N–H and O–H groups in total. The monoisotopic (exact) mass is 342 g/mol. The first-order valence-electron chi connectivity index (χ1n) is 8.05. The van der Waals surface area contributed by atoms with Crippen LogP contribution in [0.15, 0.2) is 48.5 Å². The van der Waals surface area contributed by atoms with Crippen molar-refractivity contribution in [2.45, 2.75) is 12.8 Å². The van der Waals surface area contributed by atoms with Crippen LogP contribution in [-0.4, -0.2) is 37.1 Å². The molecule has 6 heteroatoms. The first-order valence-corrected chi connectivity index (χ1v) is 8.05. The lowest BCUT2D eigenvalue weighted by Gasteiger charge is -2.08. The van der Waals surface area contributed by atoms with E-state index in [4.69, 9.17) is 4.74 Å². The SMILES string of the molecule is COc1cccc(CC(=O)NCCCNC(=O)c2cccc(O)c2)c1. The number of phenolic OH excluding ortho intramolecular Hbond substituents is 1. The van der Waals surface area contributed by atoms with Gasteiger partial charge in [0.2, 0.25) is 5.91 Å². The third-order valence-electron chi connectivity index (χ3n) is 3.57. The van der Waals surface area contributed by atoms with Gasteiger partial charge in [-0.15, -0.1) is 0 Å². The summed E-state index contributed by atoms with van der Waals surface area (Å²) in [5.74, 6) is 0.448. The Morgan fingerprint density at radius 3 is 2.56 bits per heavy atom. The van der Waals surface area contributed by atoms with Gasteiger partial charge in [0.25, 0.3) is 5.91 Å². The topological polar surface area (TPSA) is 87.7 Å². The molecule has 0 spiro atoms. The summed E-state index contributed by atoms with van der Waals surface area (Å²) >= 11 is 0. The molecular weight excluding hydrogens is 320 g/mol. The minimum Gasteiger partial charge on any atom is -0.508 e. The number of ether oxygens (including phenoxy) is 1. The minimum atomic E-state index is -0.251. The number of hydrogen-bond donors (Lipinski definition) is 3. The van der Waals surface area contributed by atoms with Gasteiger partial charge in [-0.05, 0) is 42.3 Å². The van der Waals surface area contributed by atoms with Crippen LogP contribution in [0, 0.1) is 0 Å². The lowest BCUT2D eigenvalue weighted by molar-refractivity contribution is -0.120. The van der Waals surface area contributed by atoms with E-state index in [1.54, 1.807) is 19.2 Å². The number of amides is 2. The van der Waals surface area contributed by atoms with Crippen molar-refractivity contribution in [2.24, 2.45) is 0 Å². The number of rotatable bonds is 8. The fourth-order valence-corrected chi connectivity index (χ4v) is 2.30. The quantitative estimate of drug-likeness (QED) is 0.639.